The highest BCUT2D eigenvalue weighted by atomic mass is 19.1. The number of hydrogen-bond acceptors (Lipinski definition) is 6. The Kier molecular flexibility index (Phi) is 6.96. The van der Waals surface area contributed by atoms with Crippen LogP contribution in [0.15, 0.2) is 42.5 Å². The Labute approximate surface area is 203 Å². The van der Waals surface area contributed by atoms with E-state index in [1.54, 1.807) is 19.2 Å². The number of para-hydroxylation sites is 2. The lowest BCUT2D eigenvalue weighted by Gasteiger charge is -2.36. The van der Waals surface area contributed by atoms with Crippen molar-refractivity contribution in [2.75, 3.05) is 48.4 Å². The Morgan fingerprint density at radius 2 is 2.03 bits per heavy atom. The topological polar surface area (TPSA) is 87.5 Å². The minimum absolute atomic E-state index is 0.206. The van der Waals surface area contributed by atoms with Gasteiger partial charge in [0.05, 0.1) is 50.1 Å². The maximum Gasteiger partial charge on any atom is 0.414 e. The molecule has 2 aliphatic rings. The summed E-state index contributed by atoms with van der Waals surface area (Å²) in [5.41, 5.74) is 0.771. The molecule has 4 rings (SSSR count). The highest BCUT2D eigenvalue weighted by Crippen LogP contribution is 2.36. The van der Waals surface area contributed by atoms with Crippen LogP contribution in [0.5, 0.6) is 5.75 Å². The van der Waals surface area contributed by atoms with E-state index in [0.717, 1.165) is 5.69 Å². The molecule has 184 valence electrons. The first-order valence-corrected chi connectivity index (χ1v) is 11.4. The maximum absolute atomic E-state index is 15.1. The number of hydrogen-bond donors (Lipinski definition) is 2. The van der Waals surface area contributed by atoms with Gasteiger partial charge in [-0.2, -0.15) is 0 Å². The summed E-state index contributed by atoms with van der Waals surface area (Å²) < 4.78 is 25.8. The number of nitrogens with one attached hydrogen (secondary N) is 2. The molecule has 2 aliphatic heterocycles. The summed E-state index contributed by atoms with van der Waals surface area (Å²) in [4.78, 5) is 30.5. The average Bonchev–Trinajstić information content (AvgIpc) is 3.24. The fourth-order valence-electron chi connectivity index (χ4n) is 4.40. The van der Waals surface area contributed by atoms with Crippen molar-refractivity contribution in [3.8, 4) is 5.75 Å². The van der Waals surface area contributed by atoms with Gasteiger partial charge in [0.15, 0.2) is 0 Å². The van der Waals surface area contributed by atoms with Gasteiger partial charge < -0.3 is 25.0 Å². The number of benzene rings is 2. The zero-order valence-electron chi connectivity index (χ0n) is 19.7. The molecular formula is C25H28FN5O4. The van der Waals surface area contributed by atoms with Gasteiger partial charge in [-0.3, -0.25) is 14.5 Å². The average molecular weight is 482 g/mol. The van der Waals surface area contributed by atoms with Crippen molar-refractivity contribution < 1.29 is 23.5 Å². The van der Waals surface area contributed by atoms with Crippen LogP contribution in [0.2, 0.25) is 0 Å². The Hall–Kier alpha value is -4.00. The van der Waals surface area contributed by atoms with Gasteiger partial charge in [-0.05, 0) is 30.3 Å². The molecule has 0 aliphatic carbocycles. The second-order valence-corrected chi connectivity index (χ2v) is 8.64. The van der Waals surface area contributed by atoms with Crippen LogP contribution in [0, 0.1) is 12.4 Å². The van der Waals surface area contributed by atoms with Gasteiger partial charge in [-0.25, -0.2) is 15.8 Å². The summed E-state index contributed by atoms with van der Waals surface area (Å²) in [6.45, 7) is 10.6. The quantitative estimate of drug-likeness (QED) is 0.588. The zero-order valence-corrected chi connectivity index (χ0v) is 19.7. The SMILES string of the molecule is [C-]#[N+]C1(Nc2ccccc2OC)CCN(c2ccc(N3C[C@H](CNC(C)=O)OC3=O)cc2F)CC1. The van der Waals surface area contributed by atoms with Crippen LogP contribution >= 0.6 is 0 Å². The lowest BCUT2D eigenvalue weighted by Crippen LogP contribution is -2.47. The van der Waals surface area contributed by atoms with E-state index < -0.39 is 23.7 Å². The minimum atomic E-state index is -0.802. The summed E-state index contributed by atoms with van der Waals surface area (Å²) in [6, 6.07) is 12.1. The molecule has 9 nitrogen and oxygen atoms in total. The molecule has 2 fully saturated rings. The van der Waals surface area contributed by atoms with Crippen LogP contribution in [0.4, 0.5) is 26.2 Å². The Bertz CT molecular complexity index is 1140. The third-order valence-electron chi connectivity index (χ3n) is 6.32. The molecule has 0 saturated carbocycles. The molecule has 35 heavy (non-hydrogen) atoms. The summed E-state index contributed by atoms with van der Waals surface area (Å²) >= 11 is 0. The Morgan fingerprint density at radius 3 is 2.69 bits per heavy atom. The molecule has 0 bridgehead atoms. The van der Waals surface area contributed by atoms with Gasteiger partial charge in [-0.15, -0.1) is 0 Å². The second kappa shape index (κ2) is 10.1. The van der Waals surface area contributed by atoms with E-state index in [2.05, 4.69) is 15.5 Å². The van der Waals surface area contributed by atoms with Gasteiger partial charge in [0.25, 0.3) is 0 Å². The van der Waals surface area contributed by atoms with E-state index in [0.29, 0.717) is 43.1 Å². The van der Waals surface area contributed by atoms with E-state index in [-0.39, 0.29) is 19.0 Å². The molecule has 2 heterocycles. The molecule has 0 radical (unpaired) electrons. The fraction of sp³-hybridized carbons (Fsp3) is 0.400. The highest BCUT2D eigenvalue weighted by molar-refractivity contribution is 5.90. The van der Waals surface area contributed by atoms with E-state index >= 15 is 4.39 Å². The first-order chi connectivity index (χ1) is 16.8. The predicted molar refractivity (Wildman–Crippen MR) is 130 cm³/mol. The van der Waals surface area contributed by atoms with Crippen molar-refractivity contribution in [2.45, 2.75) is 31.5 Å². The number of ether oxygens (including phenoxy) is 2. The molecule has 10 heteroatoms. The Balaban J connectivity index is 1.42. The molecule has 2 saturated heterocycles. The first-order valence-electron chi connectivity index (χ1n) is 11.4. The normalized spacial score (nSPS) is 19.0. The number of methoxy groups -OCH3 is 1. The number of halogens is 1. The van der Waals surface area contributed by atoms with Crippen molar-refractivity contribution in [1.82, 2.24) is 5.32 Å². The Morgan fingerprint density at radius 1 is 1.29 bits per heavy atom. The van der Waals surface area contributed by atoms with Gasteiger partial charge >= 0.3 is 11.8 Å². The summed E-state index contributed by atoms with van der Waals surface area (Å²) in [5, 5.41) is 5.96. The molecule has 1 atom stereocenters. The molecule has 0 spiro atoms. The lowest BCUT2D eigenvalue weighted by atomic mass is 9.96. The number of rotatable bonds is 7. The number of piperidine rings is 1. The van der Waals surface area contributed by atoms with E-state index in [4.69, 9.17) is 16.0 Å². The van der Waals surface area contributed by atoms with Gasteiger partial charge in [-0.1, -0.05) is 12.1 Å². The van der Waals surface area contributed by atoms with Crippen molar-refractivity contribution in [3.63, 3.8) is 0 Å². The van der Waals surface area contributed by atoms with Crippen molar-refractivity contribution in [3.05, 3.63) is 59.7 Å². The van der Waals surface area contributed by atoms with Crippen LogP contribution in [0.1, 0.15) is 19.8 Å². The van der Waals surface area contributed by atoms with E-state index in [9.17, 15) is 9.59 Å². The number of carbonyl (C=O) groups is 2. The molecular weight excluding hydrogens is 453 g/mol. The van der Waals surface area contributed by atoms with Crippen molar-refractivity contribution in [1.29, 1.82) is 0 Å². The third-order valence-corrected chi connectivity index (χ3v) is 6.32. The fourth-order valence-corrected chi connectivity index (χ4v) is 4.40. The number of anilines is 3. The van der Waals surface area contributed by atoms with Crippen LogP contribution in [0.25, 0.3) is 4.85 Å². The van der Waals surface area contributed by atoms with E-state index in [1.165, 1.54) is 17.9 Å². The van der Waals surface area contributed by atoms with Crippen molar-refractivity contribution in [2.24, 2.45) is 0 Å². The van der Waals surface area contributed by atoms with Gasteiger partial charge in [0.2, 0.25) is 5.91 Å². The standard InChI is InChI=1S/C25H28FN5O4/c1-17(32)28-15-19-16-31(24(33)35-19)18-8-9-22(20(26)14-18)30-12-10-25(27-2,11-13-30)29-21-6-4-5-7-23(21)34-3/h4-9,14,19,29H,10-13,15-16H2,1,3H3,(H,28,32)/t19-/m0/s1. The maximum atomic E-state index is 15.1. The zero-order chi connectivity index (χ0) is 25.0. The number of carbonyl (C=O) groups excluding carboxylic acids is 2. The van der Waals surface area contributed by atoms with Crippen LogP contribution in [-0.4, -0.2) is 57.1 Å². The van der Waals surface area contributed by atoms with E-state index in [1.807, 2.05) is 29.2 Å². The molecule has 2 N–H and O–H groups in total. The first kappa shape index (κ1) is 24.1. The largest absolute Gasteiger partial charge is 0.495 e. The molecule has 2 aromatic carbocycles. The summed E-state index contributed by atoms with van der Waals surface area (Å²) in [7, 11) is 1.59. The molecule has 0 aromatic heterocycles. The van der Waals surface area contributed by atoms with Crippen LogP contribution < -0.4 is 25.2 Å². The summed E-state index contributed by atoms with van der Waals surface area (Å²) in [6.07, 6.45) is -0.0682. The van der Waals surface area contributed by atoms with Crippen LogP contribution in [0.3, 0.4) is 0 Å². The highest BCUT2D eigenvalue weighted by Gasteiger charge is 2.41. The van der Waals surface area contributed by atoms with Crippen molar-refractivity contribution >= 4 is 29.1 Å². The molecule has 2 aromatic rings. The smallest absolute Gasteiger partial charge is 0.414 e. The van der Waals surface area contributed by atoms with Gasteiger partial charge in [0.1, 0.15) is 17.7 Å². The van der Waals surface area contributed by atoms with Gasteiger partial charge in [0, 0.05) is 20.0 Å². The minimum Gasteiger partial charge on any atom is -0.495 e. The summed E-state index contributed by atoms with van der Waals surface area (Å²) in [5.74, 6) is 0.00437. The second-order valence-electron chi connectivity index (χ2n) is 8.64. The number of cyclic esters (lactones) is 1. The molecule has 0 unspecified atom stereocenters. The van der Waals surface area contributed by atoms with Crippen LogP contribution in [-0.2, 0) is 9.53 Å². The monoisotopic (exact) mass is 481 g/mol. The third kappa shape index (κ3) is 5.24. The lowest BCUT2D eigenvalue weighted by molar-refractivity contribution is -0.119. The predicted octanol–water partition coefficient (Wildman–Crippen LogP) is 3.62. The number of amides is 2. The molecule has 2 amide bonds. The number of nitrogens with zero attached hydrogens (tertiary/aromatic N) is 3.